The molecular formula is C13H19BrN2. The highest BCUT2D eigenvalue weighted by Crippen LogP contribution is 2.17. The Morgan fingerprint density at radius 3 is 2.81 bits per heavy atom. The highest BCUT2D eigenvalue weighted by Gasteiger charge is 2.16. The lowest BCUT2D eigenvalue weighted by molar-refractivity contribution is 0.523. The van der Waals surface area contributed by atoms with Crippen molar-refractivity contribution in [2.75, 3.05) is 11.9 Å². The van der Waals surface area contributed by atoms with Gasteiger partial charge in [-0.05, 0) is 57.0 Å². The molecule has 1 heterocycles. The Hall–Kier alpha value is -0.540. The van der Waals surface area contributed by atoms with Gasteiger partial charge in [-0.25, -0.2) is 0 Å². The van der Waals surface area contributed by atoms with Crippen LogP contribution < -0.4 is 10.6 Å². The fourth-order valence-corrected chi connectivity index (χ4v) is 2.54. The maximum absolute atomic E-state index is 3.54. The van der Waals surface area contributed by atoms with Gasteiger partial charge in [0.15, 0.2) is 0 Å². The molecule has 3 heteroatoms. The van der Waals surface area contributed by atoms with Gasteiger partial charge in [0.2, 0.25) is 0 Å². The van der Waals surface area contributed by atoms with Gasteiger partial charge in [0.05, 0.1) is 0 Å². The van der Waals surface area contributed by atoms with Crippen LogP contribution in [0.15, 0.2) is 28.7 Å². The summed E-state index contributed by atoms with van der Waals surface area (Å²) in [5.74, 6) is 0. The van der Waals surface area contributed by atoms with Crippen molar-refractivity contribution in [2.45, 2.75) is 38.3 Å². The van der Waals surface area contributed by atoms with Gasteiger partial charge < -0.3 is 10.6 Å². The molecule has 0 bridgehead atoms. The van der Waals surface area contributed by atoms with E-state index in [1.54, 1.807) is 0 Å². The number of hydrogen-bond donors (Lipinski definition) is 2. The Kier molecular flexibility index (Phi) is 4.24. The maximum atomic E-state index is 3.54. The largest absolute Gasteiger partial charge is 0.383 e. The standard InChI is InChI=1S/C13H19BrN2/c1-10(9-13-3-2-8-15-13)16-12-6-4-11(14)5-7-12/h4-7,10,13,15-16H,2-3,8-9H2,1H3. The monoisotopic (exact) mass is 282 g/mol. The maximum Gasteiger partial charge on any atom is 0.0342 e. The first-order chi connectivity index (χ1) is 7.74. The summed E-state index contributed by atoms with van der Waals surface area (Å²) in [6.07, 6.45) is 3.86. The van der Waals surface area contributed by atoms with Crippen molar-refractivity contribution in [2.24, 2.45) is 0 Å². The molecule has 88 valence electrons. The normalized spacial score (nSPS) is 22.0. The van der Waals surface area contributed by atoms with Crippen molar-refractivity contribution < 1.29 is 0 Å². The number of halogens is 1. The van der Waals surface area contributed by atoms with Crippen LogP contribution in [0.5, 0.6) is 0 Å². The van der Waals surface area contributed by atoms with Gasteiger partial charge in [-0.15, -0.1) is 0 Å². The van der Waals surface area contributed by atoms with E-state index in [9.17, 15) is 0 Å². The SMILES string of the molecule is CC(CC1CCCN1)Nc1ccc(Br)cc1. The van der Waals surface area contributed by atoms with E-state index in [-0.39, 0.29) is 0 Å². The molecule has 0 aliphatic carbocycles. The molecule has 2 N–H and O–H groups in total. The molecule has 16 heavy (non-hydrogen) atoms. The van der Waals surface area contributed by atoms with Crippen LogP contribution in [0.4, 0.5) is 5.69 Å². The summed E-state index contributed by atoms with van der Waals surface area (Å²) >= 11 is 3.44. The number of nitrogens with one attached hydrogen (secondary N) is 2. The fourth-order valence-electron chi connectivity index (χ4n) is 2.27. The lowest BCUT2D eigenvalue weighted by Gasteiger charge is -2.19. The van der Waals surface area contributed by atoms with Gasteiger partial charge in [-0.2, -0.15) is 0 Å². The number of benzene rings is 1. The van der Waals surface area contributed by atoms with Gasteiger partial charge in [0.25, 0.3) is 0 Å². The van der Waals surface area contributed by atoms with Crippen LogP contribution in [0.2, 0.25) is 0 Å². The van der Waals surface area contributed by atoms with E-state index in [4.69, 9.17) is 0 Å². The number of rotatable bonds is 4. The summed E-state index contributed by atoms with van der Waals surface area (Å²) in [5, 5.41) is 7.07. The number of hydrogen-bond acceptors (Lipinski definition) is 2. The second-order valence-electron chi connectivity index (χ2n) is 4.58. The Balaban J connectivity index is 1.81. The van der Waals surface area contributed by atoms with E-state index in [0.717, 1.165) is 4.47 Å². The molecule has 0 radical (unpaired) electrons. The molecule has 2 rings (SSSR count). The molecular weight excluding hydrogens is 264 g/mol. The van der Waals surface area contributed by atoms with Gasteiger partial charge in [-0.3, -0.25) is 0 Å². The van der Waals surface area contributed by atoms with E-state index in [2.05, 4.69) is 57.8 Å². The highest BCUT2D eigenvalue weighted by atomic mass is 79.9. The minimum absolute atomic E-state index is 0.525. The molecule has 0 amide bonds. The second-order valence-corrected chi connectivity index (χ2v) is 5.50. The zero-order valence-electron chi connectivity index (χ0n) is 9.67. The van der Waals surface area contributed by atoms with Crippen molar-refractivity contribution >= 4 is 21.6 Å². The molecule has 1 aromatic carbocycles. The van der Waals surface area contributed by atoms with E-state index < -0.39 is 0 Å². The van der Waals surface area contributed by atoms with E-state index in [0.29, 0.717) is 12.1 Å². The van der Waals surface area contributed by atoms with Crippen molar-refractivity contribution in [1.82, 2.24) is 5.32 Å². The van der Waals surface area contributed by atoms with Crippen LogP contribution in [0.25, 0.3) is 0 Å². The van der Waals surface area contributed by atoms with Crippen LogP contribution in [0.1, 0.15) is 26.2 Å². The Bertz CT molecular complexity index is 317. The van der Waals surface area contributed by atoms with E-state index in [1.807, 2.05) is 0 Å². The first kappa shape index (κ1) is 11.9. The first-order valence-corrected chi connectivity index (χ1v) is 6.79. The van der Waals surface area contributed by atoms with Gasteiger partial charge in [0.1, 0.15) is 0 Å². The summed E-state index contributed by atoms with van der Waals surface area (Å²) in [6, 6.07) is 9.60. The minimum Gasteiger partial charge on any atom is -0.383 e. The molecule has 0 spiro atoms. The summed E-state index contributed by atoms with van der Waals surface area (Å²) in [6.45, 7) is 3.44. The van der Waals surface area contributed by atoms with Crippen LogP contribution in [-0.4, -0.2) is 18.6 Å². The topological polar surface area (TPSA) is 24.1 Å². The molecule has 2 unspecified atom stereocenters. The fraction of sp³-hybridized carbons (Fsp3) is 0.538. The van der Waals surface area contributed by atoms with Gasteiger partial charge in [0, 0.05) is 22.2 Å². The predicted octanol–water partition coefficient (Wildman–Crippen LogP) is 3.39. The van der Waals surface area contributed by atoms with Crippen molar-refractivity contribution in [3.8, 4) is 0 Å². The van der Waals surface area contributed by atoms with Crippen LogP contribution in [0.3, 0.4) is 0 Å². The molecule has 1 fully saturated rings. The third kappa shape index (κ3) is 3.49. The van der Waals surface area contributed by atoms with Crippen LogP contribution in [-0.2, 0) is 0 Å². The van der Waals surface area contributed by atoms with E-state index in [1.165, 1.54) is 31.5 Å². The zero-order chi connectivity index (χ0) is 11.4. The van der Waals surface area contributed by atoms with Crippen molar-refractivity contribution in [3.63, 3.8) is 0 Å². The Morgan fingerprint density at radius 2 is 2.19 bits per heavy atom. The minimum atomic E-state index is 0.525. The average molecular weight is 283 g/mol. The lowest BCUT2D eigenvalue weighted by Crippen LogP contribution is -2.29. The quantitative estimate of drug-likeness (QED) is 0.885. The summed E-state index contributed by atoms with van der Waals surface area (Å²) in [7, 11) is 0. The third-order valence-corrected chi connectivity index (χ3v) is 3.59. The molecule has 1 saturated heterocycles. The molecule has 1 aromatic rings. The van der Waals surface area contributed by atoms with E-state index >= 15 is 0 Å². The zero-order valence-corrected chi connectivity index (χ0v) is 11.3. The smallest absolute Gasteiger partial charge is 0.0342 e. The lowest BCUT2D eigenvalue weighted by atomic mass is 10.1. The average Bonchev–Trinajstić information content (AvgIpc) is 2.74. The summed E-state index contributed by atoms with van der Waals surface area (Å²) in [5.41, 5.74) is 1.20. The molecule has 1 aliphatic heterocycles. The van der Waals surface area contributed by atoms with Crippen LogP contribution in [0, 0.1) is 0 Å². The summed E-state index contributed by atoms with van der Waals surface area (Å²) in [4.78, 5) is 0. The molecule has 2 atom stereocenters. The third-order valence-electron chi connectivity index (χ3n) is 3.06. The molecule has 1 aliphatic rings. The summed E-state index contributed by atoms with van der Waals surface area (Å²) < 4.78 is 1.13. The van der Waals surface area contributed by atoms with Gasteiger partial charge in [-0.1, -0.05) is 15.9 Å². The molecule has 0 saturated carbocycles. The first-order valence-electron chi connectivity index (χ1n) is 5.99. The second kappa shape index (κ2) is 5.69. The van der Waals surface area contributed by atoms with Crippen LogP contribution >= 0.6 is 15.9 Å². The Morgan fingerprint density at radius 1 is 1.44 bits per heavy atom. The van der Waals surface area contributed by atoms with Gasteiger partial charge >= 0.3 is 0 Å². The number of anilines is 1. The van der Waals surface area contributed by atoms with Crippen molar-refractivity contribution in [1.29, 1.82) is 0 Å². The highest BCUT2D eigenvalue weighted by molar-refractivity contribution is 9.10. The van der Waals surface area contributed by atoms with Crippen molar-refractivity contribution in [3.05, 3.63) is 28.7 Å². The predicted molar refractivity (Wildman–Crippen MR) is 72.9 cm³/mol. The Labute approximate surface area is 106 Å². The molecule has 0 aromatic heterocycles. The molecule has 2 nitrogen and oxygen atoms in total.